The van der Waals surface area contributed by atoms with Gasteiger partial charge in [0.1, 0.15) is 12.6 Å². The van der Waals surface area contributed by atoms with Crippen LogP contribution in [0.2, 0.25) is 0 Å². The maximum atomic E-state index is 12.6. The van der Waals surface area contributed by atoms with Gasteiger partial charge in [0.25, 0.3) is 0 Å². The highest BCUT2D eigenvalue weighted by atomic mass is 31.2. The molecule has 0 heterocycles. The molecule has 0 aromatic heterocycles. The predicted octanol–water partition coefficient (Wildman–Crippen LogP) is 11.2. The van der Waals surface area contributed by atoms with Gasteiger partial charge in [-0.15, -0.1) is 0 Å². The molecule has 55 heavy (non-hydrogen) atoms. The Kier molecular flexibility index (Phi) is 37.0. The first-order chi connectivity index (χ1) is 26.6. The van der Waals surface area contributed by atoms with Crippen molar-refractivity contribution >= 4 is 25.7 Å². The number of aliphatic carboxylic acids is 1. The van der Waals surface area contributed by atoms with E-state index in [2.05, 4.69) is 54.8 Å². The van der Waals surface area contributed by atoms with E-state index in [4.69, 9.17) is 24.8 Å². The number of phosphoric ester groups is 1. The molecule has 0 aromatic carbocycles. The van der Waals surface area contributed by atoms with Gasteiger partial charge in [-0.05, 0) is 51.4 Å². The van der Waals surface area contributed by atoms with Crippen LogP contribution in [0.15, 0.2) is 36.5 Å². The summed E-state index contributed by atoms with van der Waals surface area (Å²) >= 11 is 0. The molecule has 0 rings (SSSR count). The fourth-order valence-electron chi connectivity index (χ4n) is 5.72. The Labute approximate surface area is 333 Å². The molecule has 1 unspecified atom stereocenters. The van der Waals surface area contributed by atoms with Gasteiger partial charge in [-0.1, -0.05) is 159 Å². The molecule has 0 aromatic rings. The topological polar surface area (TPSA) is 172 Å². The molecule has 0 radical (unpaired) electrons. The van der Waals surface area contributed by atoms with E-state index in [1.165, 1.54) is 89.9 Å². The molecular weight excluding hydrogens is 721 g/mol. The lowest BCUT2D eigenvalue weighted by Crippen LogP contribution is -2.34. The van der Waals surface area contributed by atoms with Crippen molar-refractivity contribution in [1.29, 1.82) is 0 Å². The fourth-order valence-corrected chi connectivity index (χ4v) is 6.50. The SMILES string of the molecule is CCCCC/C=C/C/C=C/C/C=C/CCCCCCC(=O)OC[C@H](COP(=O)(O)OC[C@H](N)C(=O)O)OC(=O)CCCCCCCCCCCCCCCC. The molecule has 12 heteroatoms. The van der Waals surface area contributed by atoms with E-state index >= 15 is 0 Å². The molecule has 4 N–H and O–H groups in total. The second-order valence-electron chi connectivity index (χ2n) is 14.5. The number of allylic oxidation sites excluding steroid dienone is 6. The average Bonchev–Trinajstić information content (AvgIpc) is 3.16. The van der Waals surface area contributed by atoms with E-state index < -0.39 is 51.1 Å². The quantitative estimate of drug-likeness (QED) is 0.0233. The number of nitrogens with two attached hydrogens (primary N) is 1. The molecule has 0 saturated heterocycles. The van der Waals surface area contributed by atoms with E-state index in [0.717, 1.165) is 57.8 Å². The number of hydrogen-bond donors (Lipinski definition) is 3. The van der Waals surface area contributed by atoms with Crippen LogP contribution in [-0.2, 0) is 37.5 Å². The number of rotatable bonds is 40. The van der Waals surface area contributed by atoms with Crippen LogP contribution in [0.3, 0.4) is 0 Å². The highest BCUT2D eigenvalue weighted by Crippen LogP contribution is 2.43. The van der Waals surface area contributed by atoms with Gasteiger partial charge in [-0.3, -0.25) is 23.4 Å². The third-order valence-corrected chi connectivity index (χ3v) is 10.1. The molecule has 320 valence electrons. The Morgan fingerprint density at radius 1 is 0.564 bits per heavy atom. The van der Waals surface area contributed by atoms with Gasteiger partial charge in [-0.2, -0.15) is 0 Å². The lowest BCUT2D eigenvalue weighted by atomic mass is 10.0. The van der Waals surface area contributed by atoms with Crippen LogP contribution in [0.1, 0.15) is 187 Å². The van der Waals surface area contributed by atoms with Crippen LogP contribution in [-0.4, -0.2) is 59.9 Å². The standard InChI is InChI=1S/C43H78NO10P/c1-3-5-7-9-11-13-15-17-19-20-21-23-24-26-28-30-32-34-41(45)51-36-39(37-52-55(49,50)53-38-40(44)43(47)48)54-42(46)35-33-31-29-27-25-22-18-16-14-12-10-8-6-4-2/h11,13,17,19,21,23,39-40H,3-10,12,14-16,18,20,22,24-38,44H2,1-2H3,(H,47,48)(H,49,50)/b13-11+,19-17+,23-21+/t39-,40+/m1/s1. The second kappa shape index (κ2) is 38.6. The molecular formula is C43H78NO10P. The first-order valence-corrected chi connectivity index (χ1v) is 23.0. The number of ether oxygens (including phenoxy) is 2. The van der Waals surface area contributed by atoms with E-state index in [-0.39, 0.29) is 19.4 Å². The largest absolute Gasteiger partial charge is 0.480 e. The van der Waals surface area contributed by atoms with Crippen LogP contribution in [0, 0.1) is 0 Å². The Morgan fingerprint density at radius 2 is 0.964 bits per heavy atom. The first-order valence-electron chi connectivity index (χ1n) is 21.5. The van der Waals surface area contributed by atoms with Crippen molar-refractivity contribution in [3.8, 4) is 0 Å². The zero-order chi connectivity index (χ0) is 40.7. The van der Waals surface area contributed by atoms with E-state index in [0.29, 0.717) is 12.8 Å². The Balaban J connectivity index is 4.40. The minimum Gasteiger partial charge on any atom is -0.480 e. The highest BCUT2D eigenvalue weighted by Gasteiger charge is 2.28. The van der Waals surface area contributed by atoms with Gasteiger partial charge < -0.3 is 25.2 Å². The van der Waals surface area contributed by atoms with E-state index in [1.807, 2.05) is 0 Å². The molecule has 3 atom stereocenters. The van der Waals surface area contributed by atoms with Crippen molar-refractivity contribution in [2.24, 2.45) is 5.73 Å². The smallest absolute Gasteiger partial charge is 0.472 e. The minimum absolute atomic E-state index is 0.159. The number of carbonyl (C=O) groups is 3. The zero-order valence-corrected chi connectivity index (χ0v) is 35.4. The summed E-state index contributed by atoms with van der Waals surface area (Å²) in [6.07, 6.45) is 40.6. The Bertz CT molecular complexity index is 1080. The molecule has 0 aliphatic heterocycles. The summed E-state index contributed by atoms with van der Waals surface area (Å²) in [5.74, 6) is -2.40. The van der Waals surface area contributed by atoms with Crippen molar-refractivity contribution in [3.05, 3.63) is 36.5 Å². The molecule has 0 aliphatic carbocycles. The summed E-state index contributed by atoms with van der Waals surface area (Å²) in [6, 6.07) is -1.52. The fraction of sp³-hybridized carbons (Fsp3) is 0.791. The molecule has 0 bridgehead atoms. The summed E-state index contributed by atoms with van der Waals surface area (Å²) in [5.41, 5.74) is 5.33. The van der Waals surface area contributed by atoms with Gasteiger partial charge in [0.05, 0.1) is 13.2 Å². The highest BCUT2D eigenvalue weighted by molar-refractivity contribution is 7.47. The average molecular weight is 800 g/mol. The number of carbonyl (C=O) groups excluding carboxylic acids is 2. The summed E-state index contributed by atoms with van der Waals surface area (Å²) in [4.78, 5) is 45.9. The third-order valence-electron chi connectivity index (χ3n) is 9.14. The molecule has 0 saturated carbocycles. The van der Waals surface area contributed by atoms with Crippen LogP contribution in [0.4, 0.5) is 0 Å². The third kappa shape index (κ3) is 38.4. The molecule has 0 aliphatic rings. The molecule has 11 nitrogen and oxygen atoms in total. The zero-order valence-electron chi connectivity index (χ0n) is 34.5. The molecule has 0 fully saturated rings. The van der Waals surface area contributed by atoms with Gasteiger partial charge in [0.2, 0.25) is 0 Å². The van der Waals surface area contributed by atoms with Crippen LogP contribution < -0.4 is 5.73 Å². The number of phosphoric acid groups is 1. The number of carboxylic acid groups (broad SMARTS) is 1. The Morgan fingerprint density at radius 3 is 1.47 bits per heavy atom. The lowest BCUT2D eigenvalue weighted by molar-refractivity contribution is -0.161. The van der Waals surface area contributed by atoms with Crippen molar-refractivity contribution in [2.75, 3.05) is 19.8 Å². The van der Waals surface area contributed by atoms with Crippen LogP contribution in [0.25, 0.3) is 0 Å². The number of carboxylic acids is 1. The molecule has 0 spiro atoms. The van der Waals surface area contributed by atoms with Crippen molar-refractivity contribution in [3.63, 3.8) is 0 Å². The van der Waals surface area contributed by atoms with Crippen molar-refractivity contribution in [1.82, 2.24) is 0 Å². The number of hydrogen-bond acceptors (Lipinski definition) is 9. The van der Waals surface area contributed by atoms with Crippen molar-refractivity contribution < 1.29 is 47.5 Å². The van der Waals surface area contributed by atoms with Gasteiger partial charge in [0, 0.05) is 12.8 Å². The van der Waals surface area contributed by atoms with Gasteiger partial charge in [0.15, 0.2) is 6.10 Å². The van der Waals surface area contributed by atoms with Crippen molar-refractivity contribution in [2.45, 2.75) is 199 Å². The van der Waals surface area contributed by atoms with Crippen LogP contribution in [0.5, 0.6) is 0 Å². The number of esters is 2. The summed E-state index contributed by atoms with van der Waals surface area (Å²) in [7, 11) is -4.72. The van der Waals surface area contributed by atoms with Gasteiger partial charge in [-0.25, -0.2) is 4.57 Å². The van der Waals surface area contributed by atoms with Gasteiger partial charge >= 0.3 is 25.7 Å². The minimum atomic E-state index is -4.72. The maximum absolute atomic E-state index is 12.6. The summed E-state index contributed by atoms with van der Waals surface area (Å²) in [6.45, 7) is 2.75. The maximum Gasteiger partial charge on any atom is 0.472 e. The predicted molar refractivity (Wildman–Crippen MR) is 222 cm³/mol. The second-order valence-corrected chi connectivity index (χ2v) is 15.9. The Hall–Kier alpha value is -2.30. The lowest BCUT2D eigenvalue weighted by Gasteiger charge is -2.20. The normalized spacial score (nSPS) is 14.1. The first kappa shape index (κ1) is 52.7. The van der Waals surface area contributed by atoms with E-state index in [9.17, 15) is 23.8 Å². The van der Waals surface area contributed by atoms with Crippen LogP contribution >= 0.6 is 7.82 Å². The monoisotopic (exact) mass is 800 g/mol. The van der Waals surface area contributed by atoms with E-state index in [1.54, 1.807) is 0 Å². The summed E-state index contributed by atoms with van der Waals surface area (Å²) in [5, 5.41) is 8.88. The summed E-state index contributed by atoms with van der Waals surface area (Å²) < 4.78 is 32.7. The molecule has 0 amide bonds. The number of unbranched alkanes of at least 4 members (excludes halogenated alkanes) is 20.